The predicted molar refractivity (Wildman–Crippen MR) is 84.7 cm³/mol. The van der Waals surface area contributed by atoms with Crippen molar-refractivity contribution in [1.82, 2.24) is 10.9 Å². The molecular weight excluding hydrogens is 315 g/mol. The highest BCUT2D eigenvalue weighted by molar-refractivity contribution is 5.82. The molecule has 7 heteroatoms. The van der Waals surface area contributed by atoms with Gasteiger partial charge in [-0.25, -0.2) is 4.39 Å². The van der Waals surface area contributed by atoms with Gasteiger partial charge < -0.3 is 14.6 Å². The maximum Gasteiger partial charge on any atom is 0.282 e. The summed E-state index contributed by atoms with van der Waals surface area (Å²) in [7, 11) is 0. The number of hydrogen-bond acceptors (Lipinski definition) is 5. The smallest absolute Gasteiger partial charge is 0.282 e. The van der Waals surface area contributed by atoms with Gasteiger partial charge in [0.1, 0.15) is 18.2 Å². The Bertz CT molecular complexity index is 794. The minimum Gasteiger partial charge on any atom is -0.507 e. The molecule has 24 heavy (non-hydrogen) atoms. The first kappa shape index (κ1) is 15.7. The van der Waals surface area contributed by atoms with Crippen molar-refractivity contribution < 1.29 is 23.8 Å². The van der Waals surface area contributed by atoms with Gasteiger partial charge in [-0.2, -0.15) is 0 Å². The van der Waals surface area contributed by atoms with E-state index >= 15 is 0 Å². The fourth-order valence-electron chi connectivity index (χ4n) is 2.18. The molecule has 1 amide bonds. The zero-order chi connectivity index (χ0) is 17.1. The van der Waals surface area contributed by atoms with Crippen LogP contribution in [-0.4, -0.2) is 23.7 Å². The number of carbonyl (C=O) groups excluding carboxylic acids is 1. The summed E-state index contributed by atoms with van der Waals surface area (Å²) < 4.78 is 24.3. The molecule has 0 fully saturated rings. The van der Waals surface area contributed by atoms with E-state index in [2.05, 4.69) is 17.4 Å². The monoisotopic (exact) mass is 330 g/mol. The van der Waals surface area contributed by atoms with Crippen LogP contribution < -0.4 is 20.3 Å². The zero-order valence-electron chi connectivity index (χ0n) is 12.6. The van der Waals surface area contributed by atoms with Crippen molar-refractivity contribution in [3.8, 4) is 17.2 Å². The fourth-order valence-corrected chi connectivity index (χ4v) is 2.18. The number of phenols is 1. The molecule has 3 rings (SSSR count). The van der Waals surface area contributed by atoms with E-state index in [0.29, 0.717) is 11.5 Å². The van der Waals surface area contributed by atoms with Gasteiger partial charge in [0.2, 0.25) is 6.10 Å². The first-order valence-electron chi connectivity index (χ1n) is 7.17. The normalized spacial score (nSPS) is 15.5. The number of rotatable bonds is 4. The molecule has 1 unspecified atom stereocenters. The number of carbonyl (C=O) groups is 1. The third-order valence-electron chi connectivity index (χ3n) is 3.42. The number of benzene rings is 2. The quantitative estimate of drug-likeness (QED) is 0.747. The second kappa shape index (κ2) is 6.49. The van der Waals surface area contributed by atoms with E-state index in [1.807, 2.05) is 0 Å². The Kier molecular flexibility index (Phi) is 4.24. The Morgan fingerprint density at radius 1 is 1.21 bits per heavy atom. The van der Waals surface area contributed by atoms with E-state index in [0.717, 1.165) is 12.1 Å². The molecule has 0 aromatic heterocycles. The number of aromatic hydroxyl groups is 1. The summed E-state index contributed by atoms with van der Waals surface area (Å²) >= 11 is 0. The van der Waals surface area contributed by atoms with Gasteiger partial charge >= 0.3 is 0 Å². The number of phenolic OH excluding ortho intramolecular Hbond substituents is 1. The van der Waals surface area contributed by atoms with Crippen LogP contribution in [0.4, 0.5) is 4.39 Å². The highest BCUT2D eigenvalue weighted by Gasteiger charge is 2.27. The van der Waals surface area contributed by atoms with Gasteiger partial charge in [-0.05, 0) is 30.3 Å². The van der Waals surface area contributed by atoms with Crippen molar-refractivity contribution in [2.24, 2.45) is 0 Å². The molecule has 0 bridgehead atoms. The number of halogens is 1. The Morgan fingerprint density at radius 2 is 1.96 bits per heavy atom. The minimum absolute atomic E-state index is 0.0578. The lowest BCUT2D eigenvalue weighted by atomic mass is 10.1. The fraction of sp³-hybridized carbons (Fsp3) is 0.118. The Balaban J connectivity index is 1.60. The van der Waals surface area contributed by atoms with Crippen LogP contribution in [-0.2, 0) is 4.79 Å². The van der Waals surface area contributed by atoms with Gasteiger partial charge in [0, 0.05) is 5.56 Å². The third-order valence-corrected chi connectivity index (χ3v) is 3.42. The molecular formula is C17H15FN2O4. The zero-order valence-corrected chi connectivity index (χ0v) is 12.6. The molecule has 6 nitrogen and oxygen atoms in total. The van der Waals surface area contributed by atoms with Crippen LogP contribution in [0.2, 0.25) is 0 Å². The maximum atomic E-state index is 13.2. The highest BCUT2D eigenvalue weighted by atomic mass is 19.1. The number of hydrazine groups is 1. The molecule has 1 aliphatic heterocycles. The van der Waals surface area contributed by atoms with Gasteiger partial charge in [0.25, 0.3) is 5.91 Å². The summed E-state index contributed by atoms with van der Waals surface area (Å²) in [4.78, 5) is 12.1. The van der Waals surface area contributed by atoms with Crippen molar-refractivity contribution in [3.05, 3.63) is 60.4 Å². The maximum absolute atomic E-state index is 13.2. The van der Waals surface area contributed by atoms with Gasteiger partial charge in [-0.1, -0.05) is 18.7 Å². The summed E-state index contributed by atoms with van der Waals surface area (Å²) in [6, 6.07) is 10.5. The number of ether oxygens (including phenoxy) is 2. The number of para-hydroxylation sites is 2. The van der Waals surface area contributed by atoms with Crippen molar-refractivity contribution in [1.29, 1.82) is 0 Å². The first-order valence-corrected chi connectivity index (χ1v) is 7.17. The molecule has 1 atom stereocenters. The summed E-state index contributed by atoms with van der Waals surface area (Å²) in [5.74, 6) is -0.123. The molecule has 0 saturated heterocycles. The lowest BCUT2D eigenvalue weighted by Gasteiger charge is -2.25. The lowest BCUT2D eigenvalue weighted by Crippen LogP contribution is -2.48. The van der Waals surface area contributed by atoms with Crippen LogP contribution >= 0.6 is 0 Å². The molecule has 1 heterocycles. The average Bonchev–Trinajstić information content (AvgIpc) is 2.61. The van der Waals surface area contributed by atoms with Crippen LogP contribution in [0.3, 0.4) is 0 Å². The largest absolute Gasteiger partial charge is 0.507 e. The standard InChI is InChI=1S/C17H15FN2O4/c1-10(12-8-11(18)6-7-13(12)21)19-20-17(22)16-9-23-14-4-2-3-5-15(14)24-16/h2-8,16,19,21H,1,9H2,(H,20,22). The summed E-state index contributed by atoms with van der Waals surface area (Å²) in [6.45, 7) is 3.71. The molecule has 0 aliphatic carbocycles. The van der Waals surface area contributed by atoms with Crippen LogP contribution in [0.25, 0.3) is 5.70 Å². The van der Waals surface area contributed by atoms with Crippen molar-refractivity contribution >= 4 is 11.6 Å². The topological polar surface area (TPSA) is 79.8 Å². The van der Waals surface area contributed by atoms with Crippen LogP contribution in [0, 0.1) is 5.82 Å². The summed E-state index contributed by atoms with van der Waals surface area (Å²) in [5, 5.41) is 9.70. The van der Waals surface area contributed by atoms with E-state index in [-0.39, 0.29) is 23.6 Å². The Morgan fingerprint density at radius 3 is 2.75 bits per heavy atom. The number of fused-ring (bicyclic) bond motifs is 1. The predicted octanol–water partition coefficient (Wildman–Crippen LogP) is 1.96. The summed E-state index contributed by atoms with van der Waals surface area (Å²) in [6.07, 6.45) is -0.846. The molecule has 2 aromatic carbocycles. The number of hydrogen-bond donors (Lipinski definition) is 3. The highest BCUT2D eigenvalue weighted by Crippen LogP contribution is 2.30. The molecule has 3 N–H and O–H groups in total. The van der Waals surface area contributed by atoms with Gasteiger partial charge in [0.05, 0.1) is 5.70 Å². The van der Waals surface area contributed by atoms with E-state index in [1.54, 1.807) is 24.3 Å². The van der Waals surface area contributed by atoms with Crippen molar-refractivity contribution in [2.75, 3.05) is 6.61 Å². The Hall–Kier alpha value is -3.22. The summed E-state index contributed by atoms with van der Waals surface area (Å²) in [5.41, 5.74) is 5.21. The molecule has 0 radical (unpaired) electrons. The van der Waals surface area contributed by atoms with Gasteiger partial charge in [-0.3, -0.25) is 15.6 Å². The van der Waals surface area contributed by atoms with E-state index in [4.69, 9.17) is 9.47 Å². The average molecular weight is 330 g/mol. The SMILES string of the molecule is C=C(NNC(=O)C1COc2ccccc2O1)c1cc(F)ccc1O. The third kappa shape index (κ3) is 3.24. The van der Waals surface area contributed by atoms with Crippen LogP contribution in [0.5, 0.6) is 17.2 Å². The second-order valence-electron chi connectivity index (χ2n) is 5.12. The second-order valence-corrected chi connectivity index (χ2v) is 5.12. The van der Waals surface area contributed by atoms with Crippen molar-refractivity contribution in [2.45, 2.75) is 6.10 Å². The van der Waals surface area contributed by atoms with Gasteiger partial charge in [-0.15, -0.1) is 0 Å². The van der Waals surface area contributed by atoms with E-state index in [9.17, 15) is 14.3 Å². The minimum atomic E-state index is -0.846. The lowest BCUT2D eigenvalue weighted by molar-refractivity contribution is -0.131. The molecule has 0 spiro atoms. The van der Waals surface area contributed by atoms with Crippen molar-refractivity contribution in [3.63, 3.8) is 0 Å². The molecule has 2 aromatic rings. The molecule has 1 aliphatic rings. The molecule has 0 saturated carbocycles. The van der Waals surface area contributed by atoms with Crippen LogP contribution in [0.1, 0.15) is 5.56 Å². The van der Waals surface area contributed by atoms with E-state index < -0.39 is 17.8 Å². The number of nitrogens with one attached hydrogen (secondary N) is 2. The van der Waals surface area contributed by atoms with E-state index in [1.165, 1.54) is 6.07 Å². The first-order chi connectivity index (χ1) is 11.5. The van der Waals surface area contributed by atoms with Crippen LogP contribution in [0.15, 0.2) is 49.0 Å². The Labute approximate surface area is 137 Å². The van der Waals surface area contributed by atoms with Gasteiger partial charge in [0.15, 0.2) is 11.5 Å². The molecule has 124 valence electrons. The number of amides is 1.